The quantitative estimate of drug-likeness (QED) is 0.508. The maximum Gasteiger partial charge on any atom is 0.258 e. The van der Waals surface area contributed by atoms with Crippen LogP contribution in [0.25, 0.3) is 0 Å². The average molecular weight is 384 g/mol. The van der Waals surface area contributed by atoms with Gasteiger partial charge in [-0.25, -0.2) is 0 Å². The molecule has 0 bridgehead atoms. The number of hydrogen-bond acceptors (Lipinski definition) is 5. The molecule has 2 heterocycles. The van der Waals surface area contributed by atoms with Crippen LogP contribution < -0.4 is 10.2 Å². The molecule has 29 heavy (non-hydrogen) atoms. The van der Waals surface area contributed by atoms with E-state index in [-0.39, 0.29) is 5.91 Å². The van der Waals surface area contributed by atoms with Crippen molar-refractivity contribution >= 4 is 23.1 Å². The number of aromatic nitrogens is 2. The van der Waals surface area contributed by atoms with Gasteiger partial charge in [0.15, 0.2) is 5.82 Å². The van der Waals surface area contributed by atoms with E-state index in [1.54, 1.807) is 19.2 Å². The smallest absolute Gasteiger partial charge is 0.258 e. The van der Waals surface area contributed by atoms with Crippen molar-refractivity contribution in [1.82, 2.24) is 10.1 Å². The Morgan fingerprint density at radius 3 is 2.38 bits per heavy atom. The molecule has 0 saturated carbocycles. The molecular weight excluding hydrogens is 364 g/mol. The van der Waals surface area contributed by atoms with Crippen LogP contribution in [0.4, 0.5) is 17.2 Å². The number of nitrogens with zero attached hydrogens (tertiary/aromatic N) is 3. The summed E-state index contributed by atoms with van der Waals surface area (Å²) < 4.78 is 5.00. The number of amides is 1. The van der Waals surface area contributed by atoms with Gasteiger partial charge in [0.2, 0.25) is 0 Å². The van der Waals surface area contributed by atoms with Crippen molar-refractivity contribution in [3.63, 3.8) is 0 Å². The van der Waals surface area contributed by atoms with Gasteiger partial charge in [0.05, 0.1) is 17.4 Å². The summed E-state index contributed by atoms with van der Waals surface area (Å²) in [5.74, 6) is 0.716. The lowest BCUT2D eigenvalue weighted by Crippen LogP contribution is -2.18. The molecule has 0 aliphatic rings. The fourth-order valence-corrected chi connectivity index (χ4v) is 3.02. The third-order valence-corrected chi connectivity index (χ3v) is 4.42. The molecule has 0 saturated heterocycles. The van der Waals surface area contributed by atoms with Crippen LogP contribution >= 0.6 is 0 Å². The second-order valence-electron chi connectivity index (χ2n) is 6.62. The Balaban J connectivity index is 1.64. The molecule has 144 valence electrons. The first-order chi connectivity index (χ1) is 14.2. The second-order valence-corrected chi connectivity index (χ2v) is 6.62. The van der Waals surface area contributed by atoms with E-state index in [1.807, 2.05) is 54.6 Å². The number of hydrogen-bond donors (Lipinski definition) is 1. The third-order valence-electron chi connectivity index (χ3n) is 4.42. The lowest BCUT2D eigenvalue weighted by Gasteiger charge is -2.25. The highest BCUT2D eigenvalue weighted by Crippen LogP contribution is 2.27. The van der Waals surface area contributed by atoms with Gasteiger partial charge in [-0.05, 0) is 30.7 Å². The monoisotopic (exact) mass is 384 g/mol. The van der Waals surface area contributed by atoms with Gasteiger partial charge in [0.1, 0.15) is 5.76 Å². The van der Waals surface area contributed by atoms with Gasteiger partial charge in [0.25, 0.3) is 5.91 Å². The average Bonchev–Trinajstić information content (AvgIpc) is 3.18. The lowest BCUT2D eigenvalue weighted by molar-refractivity contribution is 0.102. The molecule has 0 aliphatic carbocycles. The maximum absolute atomic E-state index is 12.6. The number of para-hydroxylation sites is 1. The van der Waals surface area contributed by atoms with Gasteiger partial charge >= 0.3 is 0 Å². The van der Waals surface area contributed by atoms with Gasteiger partial charge in [0, 0.05) is 24.5 Å². The van der Waals surface area contributed by atoms with Crippen molar-refractivity contribution in [2.45, 2.75) is 13.5 Å². The fraction of sp³-hybridized carbons (Fsp3) is 0.0870. The first kappa shape index (κ1) is 18.4. The molecule has 1 amide bonds. The van der Waals surface area contributed by atoms with Crippen molar-refractivity contribution < 1.29 is 9.32 Å². The summed E-state index contributed by atoms with van der Waals surface area (Å²) >= 11 is 0. The molecule has 2 aromatic carbocycles. The molecule has 1 N–H and O–H groups in total. The summed E-state index contributed by atoms with van der Waals surface area (Å²) in [6.45, 7) is 2.42. The second kappa shape index (κ2) is 8.39. The van der Waals surface area contributed by atoms with E-state index >= 15 is 0 Å². The molecule has 6 nitrogen and oxygen atoms in total. The number of pyridine rings is 1. The van der Waals surface area contributed by atoms with Crippen LogP contribution in [-0.4, -0.2) is 16.0 Å². The minimum Gasteiger partial charge on any atom is -0.360 e. The minimum absolute atomic E-state index is 0.291. The SMILES string of the molecule is Cc1cc(NC(=O)c2cncc(N(Cc3ccccc3)c3ccccc3)c2)no1. The van der Waals surface area contributed by atoms with E-state index in [1.165, 1.54) is 6.20 Å². The zero-order valence-corrected chi connectivity index (χ0v) is 15.9. The number of aryl methyl sites for hydroxylation is 1. The molecule has 0 atom stereocenters. The predicted octanol–water partition coefficient (Wildman–Crippen LogP) is 4.97. The van der Waals surface area contributed by atoms with E-state index in [4.69, 9.17) is 4.52 Å². The Bertz CT molecular complexity index is 1090. The Morgan fingerprint density at radius 1 is 0.966 bits per heavy atom. The van der Waals surface area contributed by atoms with Crippen LogP contribution in [0.1, 0.15) is 21.7 Å². The van der Waals surface area contributed by atoms with E-state index in [2.05, 4.69) is 32.5 Å². The first-order valence-electron chi connectivity index (χ1n) is 9.25. The van der Waals surface area contributed by atoms with E-state index in [0.717, 1.165) is 16.9 Å². The van der Waals surface area contributed by atoms with Crippen LogP contribution in [0, 0.1) is 6.92 Å². The molecule has 6 heteroatoms. The molecule has 0 radical (unpaired) electrons. The number of anilines is 3. The number of benzene rings is 2. The summed E-state index contributed by atoms with van der Waals surface area (Å²) in [6, 6.07) is 23.7. The standard InChI is InChI=1S/C23H20N4O2/c1-17-12-22(26-29-17)25-23(28)19-13-21(15-24-14-19)27(20-10-6-3-7-11-20)16-18-8-4-2-5-9-18/h2-15H,16H2,1H3,(H,25,26,28). The highest BCUT2D eigenvalue weighted by Gasteiger charge is 2.15. The Kier molecular flexibility index (Phi) is 5.33. The summed E-state index contributed by atoms with van der Waals surface area (Å²) in [5.41, 5.74) is 3.44. The molecule has 4 rings (SSSR count). The van der Waals surface area contributed by atoms with E-state index in [9.17, 15) is 4.79 Å². The maximum atomic E-state index is 12.6. The van der Waals surface area contributed by atoms with Crippen molar-refractivity contribution in [1.29, 1.82) is 0 Å². The Labute approximate surface area is 168 Å². The van der Waals surface area contributed by atoms with Gasteiger partial charge in [-0.2, -0.15) is 0 Å². The number of carbonyl (C=O) groups is 1. The minimum atomic E-state index is -0.291. The molecule has 4 aromatic rings. The molecule has 0 unspecified atom stereocenters. The number of carbonyl (C=O) groups excluding carboxylic acids is 1. The highest BCUT2D eigenvalue weighted by atomic mass is 16.5. The van der Waals surface area contributed by atoms with Gasteiger partial charge in [-0.1, -0.05) is 53.7 Å². The summed E-state index contributed by atoms with van der Waals surface area (Å²) in [6.07, 6.45) is 3.30. The van der Waals surface area contributed by atoms with Crippen LogP contribution in [0.3, 0.4) is 0 Å². The van der Waals surface area contributed by atoms with Crippen LogP contribution in [0.2, 0.25) is 0 Å². The third kappa shape index (κ3) is 4.50. The summed E-state index contributed by atoms with van der Waals surface area (Å²) in [7, 11) is 0. The molecule has 0 aliphatic heterocycles. The molecule has 2 aromatic heterocycles. The molecule has 0 fully saturated rings. The van der Waals surface area contributed by atoms with Crippen LogP contribution in [0.5, 0.6) is 0 Å². The first-order valence-corrected chi connectivity index (χ1v) is 9.25. The highest BCUT2D eigenvalue weighted by molar-refractivity contribution is 6.04. The topological polar surface area (TPSA) is 71.3 Å². The normalized spacial score (nSPS) is 10.5. The fourth-order valence-electron chi connectivity index (χ4n) is 3.02. The Hall–Kier alpha value is -3.93. The largest absolute Gasteiger partial charge is 0.360 e. The molecule has 0 spiro atoms. The number of nitrogens with one attached hydrogen (secondary N) is 1. The zero-order valence-electron chi connectivity index (χ0n) is 15.9. The zero-order chi connectivity index (χ0) is 20.1. The van der Waals surface area contributed by atoms with Crippen molar-refractivity contribution in [3.05, 3.63) is 102 Å². The molecular formula is C23H20N4O2. The van der Waals surface area contributed by atoms with Gasteiger partial charge in [-0.3, -0.25) is 9.78 Å². The number of rotatable bonds is 6. The van der Waals surface area contributed by atoms with Gasteiger partial charge < -0.3 is 14.7 Å². The lowest BCUT2D eigenvalue weighted by atomic mass is 10.1. The predicted molar refractivity (Wildman–Crippen MR) is 112 cm³/mol. The van der Waals surface area contributed by atoms with Crippen LogP contribution in [0.15, 0.2) is 89.7 Å². The van der Waals surface area contributed by atoms with Crippen molar-refractivity contribution in [2.75, 3.05) is 10.2 Å². The van der Waals surface area contributed by atoms with E-state index < -0.39 is 0 Å². The summed E-state index contributed by atoms with van der Waals surface area (Å²) in [4.78, 5) is 19.1. The van der Waals surface area contributed by atoms with Crippen molar-refractivity contribution in [2.24, 2.45) is 0 Å². The van der Waals surface area contributed by atoms with E-state index in [0.29, 0.717) is 23.7 Å². The van der Waals surface area contributed by atoms with Gasteiger partial charge in [-0.15, -0.1) is 0 Å². The summed E-state index contributed by atoms with van der Waals surface area (Å²) in [5, 5.41) is 6.54. The van der Waals surface area contributed by atoms with Crippen molar-refractivity contribution in [3.8, 4) is 0 Å². The van der Waals surface area contributed by atoms with Crippen LogP contribution in [-0.2, 0) is 6.54 Å². The Morgan fingerprint density at radius 2 is 1.69 bits per heavy atom.